The largest absolute Gasteiger partial charge is 0.497 e. The third-order valence-corrected chi connectivity index (χ3v) is 7.59. The van der Waals surface area contributed by atoms with Crippen LogP contribution in [-0.2, 0) is 16.6 Å². The van der Waals surface area contributed by atoms with E-state index in [0.29, 0.717) is 0 Å². The second kappa shape index (κ2) is 11.1. The van der Waals surface area contributed by atoms with Crippen molar-refractivity contribution in [2.24, 2.45) is 0 Å². The molecule has 0 atom stereocenters. The van der Waals surface area contributed by atoms with Gasteiger partial charge in [-0.2, -0.15) is 0 Å². The zero-order chi connectivity index (χ0) is 23.1. The predicted molar refractivity (Wildman–Crippen MR) is 135 cm³/mol. The normalized spacial score (nSPS) is 15.2. The number of para-hydroxylation sites is 1. The minimum absolute atomic E-state index is 0.0775. The summed E-state index contributed by atoms with van der Waals surface area (Å²) >= 11 is 3.55. The molecule has 6 nitrogen and oxygen atoms in total. The molecular formula is C24H30BrN3O3S. The van der Waals surface area contributed by atoms with Gasteiger partial charge < -0.3 is 9.64 Å². The zero-order valence-electron chi connectivity index (χ0n) is 18.6. The Morgan fingerprint density at radius 2 is 1.75 bits per heavy atom. The topological polar surface area (TPSA) is 54.8 Å². The van der Waals surface area contributed by atoms with Crippen molar-refractivity contribution in [2.75, 3.05) is 46.1 Å². The molecule has 2 heterocycles. The van der Waals surface area contributed by atoms with Gasteiger partial charge in [-0.15, -0.1) is 6.58 Å². The second-order valence-electron chi connectivity index (χ2n) is 7.75. The number of nitrogens with zero attached hydrogens (tertiary/aromatic N) is 3. The monoisotopic (exact) mass is 519 g/mol. The molecule has 172 valence electrons. The van der Waals surface area contributed by atoms with E-state index in [4.69, 9.17) is 4.74 Å². The smallest absolute Gasteiger partial charge is 0.242 e. The molecule has 0 radical (unpaired) electrons. The lowest BCUT2D eigenvalue weighted by atomic mass is 10.1. The Balaban J connectivity index is 0.000000305. The van der Waals surface area contributed by atoms with Gasteiger partial charge in [0.05, 0.1) is 18.4 Å². The maximum absolute atomic E-state index is 12.5. The quantitative estimate of drug-likeness (QED) is 0.456. The van der Waals surface area contributed by atoms with Gasteiger partial charge in [0, 0.05) is 48.8 Å². The van der Waals surface area contributed by atoms with Crippen LogP contribution in [0.2, 0.25) is 0 Å². The molecule has 1 fully saturated rings. The molecule has 0 aliphatic carbocycles. The van der Waals surface area contributed by atoms with Crippen molar-refractivity contribution >= 4 is 36.9 Å². The molecule has 1 saturated heterocycles. The summed E-state index contributed by atoms with van der Waals surface area (Å²) in [6, 6.07) is 15.5. The van der Waals surface area contributed by atoms with Gasteiger partial charge in [-0.1, -0.05) is 36.4 Å². The average Bonchev–Trinajstić information content (AvgIpc) is 3.15. The first-order valence-electron chi connectivity index (χ1n) is 10.5. The number of fused-ring (bicyclic) bond motifs is 1. The van der Waals surface area contributed by atoms with Crippen LogP contribution < -0.4 is 4.74 Å². The van der Waals surface area contributed by atoms with Crippen LogP contribution in [0.25, 0.3) is 10.9 Å². The van der Waals surface area contributed by atoms with Gasteiger partial charge >= 0.3 is 0 Å². The molecule has 8 heteroatoms. The standard InChI is InChI=1S/C17H22BrN3O2S.C7H8O/c1-3-11-24(22,23)21-13-15(18)17-14(5-4-6-16(17)21)12-20-9-7-19(2)8-10-20;1-8-7-5-3-2-4-6-7/h3-6,13H,1,7-12H2,2H3;2-6H,1H3. The van der Waals surface area contributed by atoms with Crippen molar-refractivity contribution in [1.29, 1.82) is 0 Å². The lowest BCUT2D eigenvalue weighted by Crippen LogP contribution is -2.43. The van der Waals surface area contributed by atoms with E-state index in [1.807, 2.05) is 42.5 Å². The molecule has 0 unspecified atom stereocenters. The lowest BCUT2D eigenvalue weighted by Gasteiger charge is -2.32. The van der Waals surface area contributed by atoms with Gasteiger partial charge in [-0.3, -0.25) is 4.90 Å². The molecule has 1 aromatic heterocycles. The van der Waals surface area contributed by atoms with Gasteiger partial charge in [-0.05, 0) is 46.7 Å². The van der Waals surface area contributed by atoms with E-state index in [9.17, 15) is 8.42 Å². The van der Waals surface area contributed by atoms with Crippen molar-refractivity contribution in [3.63, 3.8) is 0 Å². The summed E-state index contributed by atoms with van der Waals surface area (Å²) in [5.41, 5.74) is 1.87. The number of halogens is 1. The molecule has 0 amide bonds. The van der Waals surface area contributed by atoms with Crippen LogP contribution in [0.5, 0.6) is 5.75 Å². The van der Waals surface area contributed by atoms with Crippen molar-refractivity contribution < 1.29 is 13.2 Å². The van der Waals surface area contributed by atoms with Crippen LogP contribution in [-0.4, -0.2) is 68.3 Å². The van der Waals surface area contributed by atoms with Crippen LogP contribution in [0.15, 0.2) is 71.9 Å². The van der Waals surface area contributed by atoms with Gasteiger partial charge in [0.1, 0.15) is 5.75 Å². The van der Waals surface area contributed by atoms with Crippen LogP contribution in [0.1, 0.15) is 5.56 Å². The Kier molecular flexibility index (Phi) is 8.53. The van der Waals surface area contributed by atoms with Crippen molar-refractivity contribution in [1.82, 2.24) is 13.8 Å². The number of piperazine rings is 1. The Labute approximate surface area is 199 Å². The van der Waals surface area contributed by atoms with E-state index in [1.165, 1.54) is 10.0 Å². The minimum Gasteiger partial charge on any atom is -0.497 e. The third kappa shape index (κ3) is 6.01. The second-order valence-corrected chi connectivity index (χ2v) is 10.5. The fourth-order valence-corrected chi connectivity index (χ4v) is 5.65. The molecule has 0 spiro atoms. The highest BCUT2D eigenvalue weighted by Crippen LogP contribution is 2.31. The van der Waals surface area contributed by atoms with E-state index in [1.54, 1.807) is 13.3 Å². The van der Waals surface area contributed by atoms with Gasteiger partial charge in [0.25, 0.3) is 0 Å². The van der Waals surface area contributed by atoms with Crippen LogP contribution in [0, 0.1) is 0 Å². The lowest BCUT2D eigenvalue weighted by molar-refractivity contribution is 0.148. The fourth-order valence-electron chi connectivity index (χ4n) is 3.68. The Bertz CT molecular complexity index is 1140. The third-order valence-electron chi connectivity index (χ3n) is 5.43. The number of methoxy groups -OCH3 is 1. The highest BCUT2D eigenvalue weighted by Gasteiger charge is 2.20. The number of benzene rings is 2. The number of rotatable bonds is 6. The van der Waals surface area contributed by atoms with E-state index < -0.39 is 10.0 Å². The summed E-state index contributed by atoms with van der Waals surface area (Å²) in [6.07, 6.45) is 3.07. The minimum atomic E-state index is -3.42. The molecule has 1 aliphatic rings. The van der Waals surface area contributed by atoms with E-state index in [2.05, 4.69) is 45.4 Å². The highest BCUT2D eigenvalue weighted by molar-refractivity contribution is 9.10. The maximum atomic E-state index is 12.5. The summed E-state index contributed by atoms with van der Waals surface area (Å²) in [5.74, 6) is 0.832. The van der Waals surface area contributed by atoms with Crippen LogP contribution >= 0.6 is 15.9 Å². The Morgan fingerprint density at radius 1 is 1.06 bits per heavy atom. The van der Waals surface area contributed by atoms with Gasteiger partial charge in [0.15, 0.2) is 0 Å². The van der Waals surface area contributed by atoms with Gasteiger partial charge in [0.2, 0.25) is 10.0 Å². The molecule has 0 saturated carbocycles. The first-order chi connectivity index (χ1) is 15.4. The number of hydrogen-bond donors (Lipinski definition) is 0. The fraction of sp³-hybridized carbons (Fsp3) is 0.333. The predicted octanol–water partition coefficient (Wildman–Crippen LogP) is 4.21. The Hall–Kier alpha value is -2.13. The number of hydrogen-bond acceptors (Lipinski definition) is 5. The first-order valence-corrected chi connectivity index (χ1v) is 12.9. The summed E-state index contributed by atoms with van der Waals surface area (Å²) in [5, 5.41) is 0.976. The summed E-state index contributed by atoms with van der Waals surface area (Å²) in [4.78, 5) is 4.74. The Morgan fingerprint density at radius 3 is 2.34 bits per heavy atom. The number of ether oxygens (including phenoxy) is 1. The van der Waals surface area contributed by atoms with E-state index in [-0.39, 0.29) is 5.75 Å². The summed E-state index contributed by atoms with van der Waals surface area (Å²) in [6.45, 7) is 8.55. The van der Waals surface area contributed by atoms with Crippen LogP contribution in [0.4, 0.5) is 0 Å². The number of likely N-dealkylation sites (N-methyl/N-ethyl adjacent to an activating group) is 1. The molecule has 0 bridgehead atoms. The average molecular weight is 520 g/mol. The first kappa shape index (κ1) is 24.5. The molecule has 32 heavy (non-hydrogen) atoms. The van der Waals surface area contributed by atoms with Crippen molar-refractivity contribution in [3.8, 4) is 5.75 Å². The SMILES string of the molecule is C=CCS(=O)(=O)n1cc(Br)c2c(CN3CCN(C)CC3)cccc21.COc1ccccc1. The van der Waals surface area contributed by atoms with E-state index in [0.717, 1.165) is 59.4 Å². The zero-order valence-corrected chi connectivity index (χ0v) is 21.0. The molecule has 4 rings (SSSR count). The summed E-state index contributed by atoms with van der Waals surface area (Å²) in [7, 11) is 0.375. The van der Waals surface area contributed by atoms with Crippen molar-refractivity contribution in [3.05, 3.63) is 77.4 Å². The molecular weight excluding hydrogens is 490 g/mol. The maximum Gasteiger partial charge on any atom is 0.242 e. The van der Waals surface area contributed by atoms with E-state index >= 15 is 0 Å². The molecule has 1 aliphatic heterocycles. The molecule has 2 aromatic carbocycles. The highest BCUT2D eigenvalue weighted by atomic mass is 79.9. The van der Waals surface area contributed by atoms with Gasteiger partial charge in [-0.25, -0.2) is 12.4 Å². The molecule has 3 aromatic rings. The van der Waals surface area contributed by atoms with Crippen LogP contribution in [0.3, 0.4) is 0 Å². The number of aromatic nitrogens is 1. The summed E-state index contributed by atoms with van der Waals surface area (Å²) < 4.78 is 32.0. The van der Waals surface area contributed by atoms with Crippen molar-refractivity contribution in [2.45, 2.75) is 6.54 Å². The molecule has 0 N–H and O–H groups in total.